The molecule has 3 heteroatoms. The van der Waals surface area contributed by atoms with E-state index < -0.39 is 6.10 Å². The van der Waals surface area contributed by atoms with Gasteiger partial charge in [-0.15, -0.1) is 0 Å². The molecule has 0 bridgehead atoms. The van der Waals surface area contributed by atoms with Crippen molar-refractivity contribution in [2.75, 3.05) is 26.7 Å². The second kappa shape index (κ2) is 7.55. The maximum atomic E-state index is 10.3. The first-order chi connectivity index (χ1) is 10.1. The Morgan fingerprint density at radius 3 is 2.52 bits per heavy atom. The number of fused-ring (bicyclic) bond motifs is 1. The predicted molar refractivity (Wildman–Crippen MR) is 89.5 cm³/mol. The van der Waals surface area contributed by atoms with Crippen LogP contribution in [0.1, 0.15) is 25.5 Å². The van der Waals surface area contributed by atoms with Crippen molar-refractivity contribution in [3.05, 3.63) is 48.0 Å². The van der Waals surface area contributed by atoms with E-state index in [0.29, 0.717) is 12.6 Å². The molecular formula is C18H26N2O. The molecule has 0 saturated carbocycles. The molecule has 2 N–H and O–H groups in total. The van der Waals surface area contributed by atoms with Gasteiger partial charge in [-0.25, -0.2) is 0 Å². The average Bonchev–Trinajstić information content (AvgIpc) is 2.50. The van der Waals surface area contributed by atoms with Gasteiger partial charge < -0.3 is 15.3 Å². The molecule has 114 valence electrons. The Bertz CT molecular complexity index is 568. The quantitative estimate of drug-likeness (QED) is 0.768. The fraction of sp³-hybridized carbons (Fsp3) is 0.444. The lowest BCUT2D eigenvalue weighted by Gasteiger charge is -2.21. The van der Waals surface area contributed by atoms with Crippen molar-refractivity contribution in [2.24, 2.45) is 0 Å². The summed E-state index contributed by atoms with van der Waals surface area (Å²) in [6, 6.07) is 14.9. The third-order valence-electron chi connectivity index (χ3n) is 4.02. The fourth-order valence-electron chi connectivity index (χ4n) is 2.29. The second-order valence-corrected chi connectivity index (χ2v) is 5.90. The van der Waals surface area contributed by atoms with Crippen molar-refractivity contribution in [3.63, 3.8) is 0 Å². The lowest BCUT2D eigenvalue weighted by Crippen LogP contribution is -2.35. The zero-order chi connectivity index (χ0) is 15.2. The third kappa shape index (κ3) is 4.53. The Balaban J connectivity index is 1.86. The van der Waals surface area contributed by atoms with Crippen molar-refractivity contribution in [1.82, 2.24) is 10.2 Å². The van der Waals surface area contributed by atoms with Gasteiger partial charge in [-0.3, -0.25) is 0 Å². The highest BCUT2D eigenvalue weighted by Crippen LogP contribution is 2.19. The summed E-state index contributed by atoms with van der Waals surface area (Å²) in [6.07, 6.45) is -0.459. The SMILES string of the molecule is CC(C)N(C)CCNCC(O)c1ccc2ccccc2c1. The van der Waals surface area contributed by atoms with E-state index >= 15 is 0 Å². The highest BCUT2D eigenvalue weighted by Gasteiger charge is 2.08. The topological polar surface area (TPSA) is 35.5 Å². The van der Waals surface area contributed by atoms with Crippen molar-refractivity contribution in [2.45, 2.75) is 26.0 Å². The summed E-state index contributed by atoms with van der Waals surface area (Å²) in [6.45, 7) is 6.83. The van der Waals surface area contributed by atoms with Gasteiger partial charge in [0, 0.05) is 25.7 Å². The number of rotatable bonds is 7. The molecule has 0 aliphatic rings. The molecule has 0 spiro atoms. The zero-order valence-electron chi connectivity index (χ0n) is 13.2. The van der Waals surface area contributed by atoms with E-state index in [0.717, 1.165) is 18.7 Å². The van der Waals surface area contributed by atoms with E-state index in [1.807, 2.05) is 18.2 Å². The third-order valence-corrected chi connectivity index (χ3v) is 4.02. The van der Waals surface area contributed by atoms with E-state index in [1.54, 1.807) is 0 Å². The van der Waals surface area contributed by atoms with E-state index in [1.165, 1.54) is 10.8 Å². The predicted octanol–water partition coefficient (Wildman–Crippen LogP) is 2.80. The van der Waals surface area contributed by atoms with Crippen molar-refractivity contribution < 1.29 is 5.11 Å². The lowest BCUT2D eigenvalue weighted by molar-refractivity contribution is 0.172. The van der Waals surface area contributed by atoms with Crippen molar-refractivity contribution in [3.8, 4) is 0 Å². The molecule has 0 fully saturated rings. The Kier molecular flexibility index (Phi) is 5.74. The van der Waals surface area contributed by atoms with Crippen LogP contribution in [0.25, 0.3) is 10.8 Å². The Morgan fingerprint density at radius 1 is 1.10 bits per heavy atom. The van der Waals surface area contributed by atoms with E-state index in [9.17, 15) is 5.11 Å². The maximum absolute atomic E-state index is 10.3. The maximum Gasteiger partial charge on any atom is 0.0914 e. The van der Waals surface area contributed by atoms with Crippen LogP contribution in [0.5, 0.6) is 0 Å². The molecule has 0 radical (unpaired) electrons. The van der Waals surface area contributed by atoms with Gasteiger partial charge in [0.25, 0.3) is 0 Å². The smallest absolute Gasteiger partial charge is 0.0914 e. The summed E-state index contributed by atoms with van der Waals surface area (Å²) in [5.74, 6) is 0. The minimum absolute atomic E-state index is 0.459. The molecule has 0 aliphatic carbocycles. The summed E-state index contributed by atoms with van der Waals surface area (Å²) in [4.78, 5) is 2.29. The first-order valence-electron chi connectivity index (χ1n) is 7.65. The van der Waals surface area contributed by atoms with Gasteiger partial charge in [0.2, 0.25) is 0 Å². The minimum Gasteiger partial charge on any atom is -0.387 e. The summed E-state index contributed by atoms with van der Waals surface area (Å²) >= 11 is 0. The molecule has 2 aromatic carbocycles. The van der Waals surface area contributed by atoms with Gasteiger partial charge >= 0.3 is 0 Å². The summed E-state index contributed by atoms with van der Waals surface area (Å²) < 4.78 is 0. The van der Waals surface area contributed by atoms with Crippen LogP contribution in [0.4, 0.5) is 0 Å². The minimum atomic E-state index is -0.459. The molecule has 21 heavy (non-hydrogen) atoms. The first-order valence-corrected chi connectivity index (χ1v) is 7.65. The molecule has 0 aromatic heterocycles. The number of aliphatic hydroxyl groups is 1. The van der Waals surface area contributed by atoms with Crippen LogP contribution in [0, 0.1) is 0 Å². The number of nitrogens with zero attached hydrogens (tertiary/aromatic N) is 1. The molecule has 2 rings (SSSR count). The summed E-state index contributed by atoms with van der Waals surface area (Å²) in [7, 11) is 2.12. The van der Waals surface area contributed by atoms with Crippen LogP contribution in [0.2, 0.25) is 0 Å². The molecule has 0 aliphatic heterocycles. The van der Waals surface area contributed by atoms with Gasteiger partial charge in [0.15, 0.2) is 0 Å². The molecule has 0 heterocycles. The van der Waals surface area contributed by atoms with Crippen LogP contribution in [0.15, 0.2) is 42.5 Å². The molecule has 3 nitrogen and oxygen atoms in total. The van der Waals surface area contributed by atoms with E-state index in [-0.39, 0.29) is 0 Å². The second-order valence-electron chi connectivity index (χ2n) is 5.90. The first kappa shape index (κ1) is 16.0. The van der Waals surface area contributed by atoms with E-state index in [4.69, 9.17) is 0 Å². The van der Waals surface area contributed by atoms with Gasteiger partial charge in [0.05, 0.1) is 6.10 Å². The van der Waals surface area contributed by atoms with Crippen LogP contribution in [0.3, 0.4) is 0 Å². The standard InChI is InChI=1S/C18H26N2O/c1-14(2)20(3)11-10-19-13-18(21)17-9-8-15-6-4-5-7-16(15)12-17/h4-9,12,14,18-19,21H,10-11,13H2,1-3H3. The lowest BCUT2D eigenvalue weighted by atomic mass is 10.0. The number of benzene rings is 2. The molecule has 2 aromatic rings. The van der Waals surface area contributed by atoms with Crippen molar-refractivity contribution in [1.29, 1.82) is 0 Å². The number of hydrogen-bond donors (Lipinski definition) is 2. The van der Waals surface area contributed by atoms with Crippen LogP contribution >= 0.6 is 0 Å². The van der Waals surface area contributed by atoms with Crippen LogP contribution < -0.4 is 5.32 Å². The van der Waals surface area contributed by atoms with Crippen LogP contribution in [-0.2, 0) is 0 Å². The van der Waals surface area contributed by atoms with Gasteiger partial charge in [0.1, 0.15) is 0 Å². The largest absolute Gasteiger partial charge is 0.387 e. The molecule has 0 amide bonds. The molecule has 1 atom stereocenters. The summed E-state index contributed by atoms with van der Waals surface area (Å²) in [5.41, 5.74) is 0.971. The average molecular weight is 286 g/mol. The molecular weight excluding hydrogens is 260 g/mol. The normalized spacial score (nSPS) is 13.2. The van der Waals surface area contributed by atoms with Gasteiger partial charge in [-0.05, 0) is 43.3 Å². The van der Waals surface area contributed by atoms with Gasteiger partial charge in [-0.1, -0.05) is 36.4 Å². The Labute approximate surface area is 127 Å². The molecule has 0 saturated heterocycles. The Morgan fingerprint density at radius 2 is 1.81 bits per heavy atom. The fourth-order valence-corrected chi connectivity index (χ4v) is 2.29. The van der Waals surface area contributed by atoms with Crippen LogP contribution in [-0.4, -0.2) is 42.7 Å². The summed E-state index contributed by atoms with van der Waals surface area (Å²) in [5, 5.41) is 16.0. The monoisotopic (exact) mass is 286 g/mol. The number of hydrogen-bond acceptors (Lipinski definition) is 3. The highest BCUT2D eigenvalue weighted by molar-refractivity contribution is 5.83. The zero-order valence-corrected chi connectivity index (χ0v) is 13.2. The number of likely N-dealkylation sites (N-methyl/N-ethyl adjacent to an activating group) is 1. The molecule has 1 unspecified atom stereocenters. The number of aliphatic hydroxyl groups excluding tert-OH is 1. The van der Waals surface area contributed by atoms with E-state index in [2.05, 4.69) is 55.4 Å². The van der Waals surface area contributed by atoms with Gasteiger partial charge in [-0.2, -0.15) is 0 Å². The highest BCUT2D eigenvalue weighted by atomic mass is 16.3. The van der Waals surface area contributed by atoms with Crippen molar-refractivity contribution >= 4 is 10.8 Å². The Hall–Kier alpha value is -1.42. The number of nitrogens with one attached hydrogen (secondary N) is 1.